The molecule has 0 amide bonds. The number of terminal acetylenes is 1. The summed E-state index contributed by atoms with van der Waals surface area (Å²) >= 11 is 0. The number of hydrogen-bond donors (Lipinski definition) is 1. The van der Waals surface area contributed by atoms with E-state index >= 15 is 0 Å². The van der Waals surface area contributed by atoms with Gasteiger partial charge in [0.15, 0.2) is 0 Å². The zero-order chi connectivity index (χ0) is 9.10. The molecule has 1 unspecified atom stereocenters. The van der Waals surface area contributed by atoms with Crippen molar-refractivity contribution in [3.63, 3.8) is 0 Å². The van der Waals surface area contributed by atoms with Crippen LogP contribution in [-0.4, -0.2) is 11.5 Å². The zero-order valence-electron chi connectivity index (χ0n) is 7.46. The van der Waals surface area contributed by atoms with Crippen LogP contribution in [0, 0.1) is 12.3 Å². The van der Waals surface area contributed by atoms with E-state index < -0.39 is 0 Å². The lowest BCUT2D eigenvalue weighted by Crippen LogP contribution is -2.13. The number of nitrogens with one attached hydrogen (secondary N) is 1. The van der Waals surface area contributed by atoms with Crippen LogP contribution in [0.3, 0.4) is 0 Å². The Balaban J connectivity index is 2.25. The quantitative estimate of drug-likeness (QED) is 0.649. The third kappa shape index (κ3) is 1.71. The molecule has 1 aromatic rings. The zero-order valence-corrected chi connectivity index (χ0v) is 7.46. The van der Waals surface area contributed by atoms with E-state index in [4.69, 9.17) is 6.42 Å². The Bertz CT molecular complexity index is 332. The first kappa shape index (κ1) is 8.28. The summed E-state index contributed by atoms with van der Waals surface area (Å²) in [4.78, 5) is 4.12. The summed E-state index contributed by atoms with van der Waals surface area (Å²) in [5, 5.41) is 3.42. The fourth-order valence-corrected chi connectivity index (χ4v) is 1.70. The van der Waals surface area contributed by atoms with E-state index in [1.54, 1.807) is 6.20 Å². The molecule has 2 nitrogen and oxygen atoms in total. The molecule has 1 saturated heterocycles. The highest BCUT2D eigenvalue weighted by atomic mass is 14.9. The van der Waals surface area contributed by atoms with Crippen LogP contribution in [0.25, 0.3) is 0 Å². The highest BCUT2D eigenvalue weighted by Gasteiger charge is 2.16. The van der Waals surface area contributed by atoms with Gasteiger partial charge in [-0.05, 0) is 31.0 Å². The molecule has 1 aliphatic rings. The molecule has 1 aliphatic heterocycles. The van der Waals surface area contributed by atoms with Crippen LogP contribution >= 0.6 is 0 Å². The minimum atomic E-state index is 0.459. The van der Waals surface area contributed by atoms with Gasteiger partial charge in [-0.2, -0.15) is 0 Å². The molecule has 2 rings (SSSR count). The van der Waals surface area contributed by atoms with Crippen LogP contribution in [0.5, 0.6) is 0 Å². The highest BCUT2D eigenvalue weighted by molar-refractivity contribution is 5.33. The molecular formula is C11H12N2. The second-order valence-electron chi connectivity index (χ2n) is 3.30. The fourth-order valence-electron chi connectivity index (χ4n) is 1.70. The summed E-state index contributed by atoms with van der Waals surface area (Å²) in [5.74, 6) is 2.60. The number of pyridine rings is 1. The smallest absolute Gasteiger partial charge is 0.0429 e. The molecule has 13 heavy (non-hydrogen) atoms. The van der Waals surface area contributed by atoms with Crippen molar-refractivity contribution in [2.24, 2.45) is 0 Å². The first-order valence-corrected chi connectivity index (χ1v) is 4.55. The SMILES string of the molecule is C#Cc1cncc(C2CCCN2)c1. The van der Waals surface area contributed by atoms with Gasteiger partial charge < -0.3 is 5.32 Å². The molecule has 0 radical (unpaired) electrons. The topological polar surface area (TPSA) is 24.9 Å². The van der Waals surface area contributed by atoms with Crippen LogP contribution < -0.4 is 5.32 Å². The third-order valence-electron chi connectivity index (χ3n) is 2.39. The molecule has 0 aromatic carbocycles. The average Bonchev–Trinajstić information content (AvgIpc) is 2.71. The minimum absolute atomic E-state index is 0.459. The maximum Gasteiger partial charge on any atom is 0.0429 e. The predicted octanol–water partition coefficient (Wildman–Crippen LogP) is 1.49. The van der Waals surface area contributed by atoms with Gasteiger partial charge in [-0.1, -0.05) is 5.92 Å². The molecular weight excluding hydrogens is 160 g/mol. The van der Waals surface area contributed by atoms with Gasteiger partial charge in [0.1, 0.15) is 0 Å². The summed E-state index contributed by atoms with van der Waals surface area (Å²) in [6, 6.07) is 2.50. The minimum Gasteiger partial charge on any atom is -0.310 e. The lowest BCUT2D eigenvalue weighted by atomic mass is 10.1. The van der Waals surface area contributed by atoms with Gasteiger partial charge in [-0.25, -0.2) is 0 Å². The van der Waals surface area contributed by atoms with Crippen molar-refractivity contribution >= 4 is 0 Å². The van der Waals surface area contributed by atoms with Crippen LogP contribution in [0.4, 0.5) is 0 Å². The first-order valence-electron chi connectivity index (χ1n) is 4.55. The van der Waals surface area contributed by atoms with E-state index in [0.717, 1.165) is 12.1 Å². The van der Waals surface area contributed by atoms with Crippen molar-refractivity contribution in [3.8, 4) is 12.3 Å². The molecule has 1 N–H and O–H groups in total. The lowest BCUT2D eigenvalue weighted by Gasteiger charge is -2.09. The van der Waals surface area contributed by atoms with Gasteiger partial charge in [0.05, 0.1) is 0 Å². The highest BCUT2D eigenvalue weighted by Crippen LogP contribution is 2.22. The van der Waals surface area contributed by atoms with Gasteiger partial charge in [-0.3, -0.25) is 4.98 Å². The maximum atomic E-state index is 5.31. The largest absolute Gasteiger partial charge is 0.310 e. The molecule has 0 bridgehead atoms. The van der Waals surface area contributed by atoms with Crippen LogP contribution in [-0.2, 0) is 0 Å². The molecule has 0 saturated carbocycles. The average molecular weight is 172 g/mol. The number of aromatic nitrogens is 1. The number of rotatable bonds is 1. The molecule has 2 heteroatoms. The first-order chi connectivity index (χ1) is 6.40. The van der Waals surface area contributed by atoms with Gasteiger partial charge in [0.25, 0.3) is 0 Å². The molecule has 0 aliphatic carbocycles. The summed E-state index contributed by atoms with van der Waals surface area (Å²) in [6.07, 6.45) is 11.4. The molecule has 66 valence electrons. The summed E-state index contributed by atoms with van der Waals surface area (Å²) in [6.45, 7) is 1.10. The molecule has 1 atom stereocenters. The van der Waals surface area contributed by atoms with E-state index in [2.05, 4.69) is 16.2 Å². The van der Waals surface area contributed by atoms with E-state index in [1.165, 1.54) is 18.4 Å². The van der Waals surface area contributed by atoms with Gasteiger partial charge in [-0.15, -0.1) is 6.42 Å². The predicted molar refractivity (Wildman–Crippen MR) is 52.1 cm³/mol. The number of nitrogens with zero attached hydrogens (tertiary/aromatic N) is 1. The van der Waals surface area contributed by atoms with Crippen LogP contribution in [0.15, 0.2) is 18.5 Å². The van der Waals surface area contributed by atoms with E-state index in [9.17, 15) is 0 Å². The standard InChI is InChI=1S/C11H12N2/c1-2-9-6-10(8-12-7-9)11-4-3-5-13-11/h1,6-8,11,13H,3-5H2. The fraction of sp³-hybridized carbons (Fsp3) is 0.364. The Morgan fingerprint density at radius 2 is 2.46 bits per heavy atom. The summed E-state index contributed by atoms with van der Waals surface area (Å²) in [7, 11) is 0. The van der Waals surface area contributed by atoms with E-state index in [-0.39, 0.29) is 0 Å². The Hall–Kier alpha value is -1.33. The molecule has 2 heterocycles. The van der Waals surface area contributed by atoms with Crippen molar-refractivity contribution in [1.82, 2.24) is 10.3 Å². The van der Waals surface area contributed by atoms with Crippen LogP contribution in [0.2, 0.25) is 0 Å². The normalized spacial score (nSPS) is 21.3. The Kier molecular flexibility index (Phi) is 2.29. The van der Waals surface area contributed by atoms with Crippen molar-refractivity contribution in [2.75, 3.05) is 6.54 Å². The maximum absolute atomic E-state index is 5.31. The second kappa shape index (κ2) is 3.59. The summed E-state index contributed by atoms with van der Waals surface area (Å²) < 4.78 is 0. The molecule has 0 spiro atoms. The summed E-state index contributed by atoms with van der Waals surface area (Å²) in [5.41, 5.74) is 2.08. The van der Waals surface area contributed by atoms with Crippen molar-refractivity contribution in [1.29, 1.82) is 0 Å². The second-order valence-corrected chi connectivity index (χ2v) is 3.30. The molecule has 1 aromatic heterocycles. The Labute approximate surface area is 78.4 Å². The lowest BCUT2D eigenvalue weighted by molar-refractivity contribution is 0.645. The van der Waals surface area contributed by atoms with Crippen molar-refractivity contribution in [3.05, 3.63) is 29.6 Å². The van der Waals surface area contributed by atoms with Crippen molar-refractivity contribution < 1.29 is 0 Å². The van der Waals surface area contributed by atoms with Crippen molar-refractivity contribution in [2.45, 2.75) is 18.9 Å². The van der Waals surface area contributed by atoms with Gasteiger partial charge in [0, 0.05) is 24.0 Å². The van der Waals surface area contributed by atoms with Gasteiger partial charge >= 0.3 is 0 Å². The van der Waals surface area contributed by atoms with E-state index in [0.29, 0.717) is 6.04 Å². The molecule has 1 fully saturated rings. The third-order valence-corrected chi connectivity index (χ3v) is 2.39. The Morgan fingerprint density at radius 3 is 3.15 bits per heavy atom. The monoisotopic (exact) mass is 172 g/mol. The Morgan fingerprint density at radius 1 is 1.54 bits per heavy atom. The van der Waals surface area contributed by atoms with E-state index in [1.807, 2.05) is 12.3 Å². The van der Waals surface area contributed by atoms with Gasteiger partial charge in [0.2, 0.25) is 0 Å². The number of hydrogen-bond acceptors (Lipinski definition) is 2. The van der Waals surface area contributed by atoms with Crippen LogP contribution in [0.1, 0.15) is 30.0 Å².